The van der Waals surface area contributed by atoms with Crippen LogP contribution in [0, 0.1) is 0 Å². The van der Waals surface area contributed by atoms with Crippen LogP contribution in [-0.4, -0.2) is 29.3 Å². The fourth-order valence-corrected chi connectivity index (χ4v) is 3.64. The zero-order valence-electron chi connectivity index (χ0n) is 11.1. The first-order valence-corrected chi connectivity index (χ1v) is 7.88. The number of amides is 2. The Morgan fingerprint density at radius 1 is 1.36 bits per heavy atom. The van der Waals surface area contributed by atoms with Crippen molar-refractivity contribution in [2.75, 3.05) is 11.9 Å². The van der Waals surface area contributed by atoms with Crippen LogP contribution in [0.1, 0.15) is 21.5 Å². The van der Waals surface area contributed by atoms with Crippen molar-refractivity contribution >= 4 is 49.8 Å². The normalized spacial score (nSPS) is 13.7. The van der Waals surface area contributed by atoms with Crippen molar-refractivity contribution in [2.24, 2.45) is 4.99 Å². The lowest BCUT2D eigenvalue weighted by Gasteiger charge is -2.06. The molecule has 0 fully saturated rings. The summed E-state index contributed by atoms with van der Waals surface area (Å²) in [5, 5.41) is 12.2. The second kappa shape index (κ2) is 5.99. The van der Waals surface area contributed by atoms with Gasteiger partial charge in [-0.05, 0) is 34.1 Å². The van der Waals surface area contributed by atoms with Gasteiger partial charge >= 0.3 is 0 Å². The molecule has 0 unspecified atom stereocenters. The first-order chi connectivity index (χ1) is 10.6. The van der Waals surface area contributed by atoms with Gasteiger partial charge in [-0.3, -0.25) is 19.8 Å². The number of benzene rings is 1. The number of aliphatic imine (C=N–C) groups is 1. The molecule has 0 aliphatic carbocycles. The maximum atomic E-state index is 11.7. The van der Waals surface area contributed by atoms with E-state index in [2.05, 4.69) is 26.2 Å². The van der Waals surface area contributed by atoms with E-state index in [4.69, 9.17) is 5.21 Å². The van der Waals surface area contributed by atoms with Crippen LogP contribution in [0.25, 0.3) is 0 Å². The predicted molar refractivity (Wildman–Crippen MR) is 86.8 cm³/mol. The monoisotopic (exact) mass is 379 g/mol. The minimum Gasteiger partial charge on any atom is -0.315 e. The molecular formula is C14H10BrN3O3S. The standard InChI is InChI=1S/C14H10BrN3O3S/c15-10-5-9-12(16-6-11(19)17-14(9)22-10)7-1-3-8(4-2-7)13(20)18-21/h1-5,21H,6H2,(H,17,19)(H,18,20). The highest BCUT2D eigenvalue weighted by atomic mass is 79.9. The molecule has 3 N–H and O–H groups in total. The number of nitrogens with zero attached hydrogens (tertiary/aromatic N) is 1. The number of carbonyl (C=O) groups excluding carboxylic acids is 2. The lowest BCUT2D eigenvalue weighted by atomic mass is 10.0. The van der Waals surface area contributed by atoms with Crippen molar-refractivity contribution in [1.82, 2.24) is 5.48 Å². The van der Waals surface area contributed by atoms with E-state index in [-0.39, 0.29) is 12.5 Å². The summed E-state index contributed by atoms with van der Waals surface area (Å²) in [4.78, 5) is 27.4. The van der Waals surface area contributed by atoms with Crippen LogP contribution >= 0.6 is 27.3 Å². The molecule has 6 nitrogen and oxygen atoms in total. The van der Waals surface area contributed by atoms with Crippen molar-refractivity contribution in [3.63, 3.8) is 0 Å². The number of hydrogen-bond donors (Lipinski definition) is 3. The van der Waals surface area contributed by atoms with E-state index in [1.54, 1.807) is 29.7 Å². The smallest absolute Gasteiger partial charge is 0.274 e. The Hall–Kier alpha value is -2.03. The van der Waals surface area contributed by atoms with Crippen molar-refractivity contribution < 1.29 is 14.8 Å². The van der Waals surface area contributed by atoms with Gasteiger partial charge in [0.15, 0.2) is 0 Å². The van der Waals surface area contributed by atoms with Gasteiger partial charge in [0.05, 0.1) is 9.50 Å². The van der Waals surface area contributed by atoms with Crippen LogP contribution in [-0.2, 0) is 4.79 Å². The van der Waals surface area contributed by atoms with E-state index in [9.17, 15) is 9.59 Å². The second-order valence-corrected chi connectivity index (χ2v) is 6.96. The average molecular weight is 380 g/mol. The lowest BCUT2D eigenvalue weighted by Crippen LogP contribution is -2.18. The lowest BCUT2D eigenvalue weighted by molar-refractivity contribution is -0.114. The molecule has 0 atom stereocenters. The predicted octanol–water partition coefficient (Wildman–Crippen LogP) is 2.42. The van der Waals surface area contributed by atoms with Gasteiger partial charge in [-0.25, -0.2) is 5.48 Å². The average Bonchev–Trinajstić information content (AvgIpc) is 2.80. The molecule has 1 aliphatic rings. The highest BCUT2D eigenvalue weighted by Gasteiger charge is 2.20. The van der Waals surface area contributed by atoms with Gasteiger partial charge in [0.1, 0.15) is 11.5 Å². The first kappa shape index (κ1) is 14.9. The zero-order chi connectivity index (χ0) is 15.7. The maximum Gasteiger partial charge on any atom is 0.274 e. The number of fused-ring (bicyclic) bond motifs is 1. The van der Waals surface area contributed by atoms with E-state index in [0.717, 1.165) is 19.9 Å². The molecule has 0 spiro atoms. The number of hydroxylamine groups is 1. The van der Waals surface area contributed by atoms with Crippen molar-refractivity contribution in [3.8, 4) is 0 Å². The van der Waals surface area contributed by atoms with Crippen LogP contribution in [0.4, 0.5) is 5.00 Å². The minimum absolute atomic E-state index is 0.0488. The molecule has 22 heavy (non-hydrogen) atoms. The molecule has 1 aliphatic heterocycles. The number of thiophene rings is 1. The second-order valence-electron chi connectivity index (χ2n) is 4.52. The molecule has 2 amide bonds. The molecule has 0 saturated carbocycles. The summed E-state index contributed by atoms with van der Waals surface area (Å²) < 4.78 is 0.892. The number of hydrogen-bond acceptors (Lipinski definition) is 5. The van der Waals surface area contributed by atoms with Crippen LogP contribution in [0.3, 0.4) is 0 Å². The largest absolute Gasteiger partial charge is 0.315 e. The quantitative estimate of drug-likeness (QED) is 0.552. The number of nitrogens with one attached hydrogen (secondary N) is 2. The van der Waals surface area contributed by atoms with Crippen LogP contribution in [0.5, 0.6) is 0 Å². The summed E-state index contributed by atoms with van der Waals surface area (Å²) in [6, 6.07) is 8.54. The molecule has 3 rings (SSSR count). The van der Waals surface area contributed by atoms with Crippen LogP contribution in [0.15, 0.2) is 39.1 Å². The van der Waals surface area contributed by atoms with Gasteiger partial charge in [0.2, 0.25) is 5.91 Å². The Kier molecular flexibility index (Phi) is 4.06. The van der Waals surface area contributed by atoms with Gasteiger partial charge in [-0.2, -0.15) is 0 Å². The minimum atomic E-state index is -0.579. The summed E-state index contributed by atoms with van der Waals surface area (Å²) in [6.45, 7) is 0.0488. The Balaban J connectivity index is 2.03. The summed E-state index contributed by atoms with van der Waals surface area (Å²) in [5.41, 5.74) is 4.23. The third-order valence-electron chi connectivity index (χ3n) is 3.11. The van der Waals surface area contributed by atoms with Crippen molar-refractivity contribution in [3.05, 3.63) is 50.8 Å². The van der Waals surface area contributed by atoms with Crippen LogP contribution in [0.2, 0.25) is 0 Å². The van der Waals surface area contributed by atoms with Gasteiger partial charge in [0, 0.05) is 16.7 Å². The molecule has 0 radical (unpaired) electrons. The highest BCUT2D eigenvalue weighted by Crippen LogP contribution is 2.34. The molecule has 8 heteroatoms. The van der Waals surface area contributed by atoms with Gasteiger partial charge < -0.3 is 5.32 Å². The molecule has 1 aromatic carbocycles. The molecule has 2 heterocycles. The van der Waals surface area contributed by atoms with E-state index in [1.165, 1.54) is 11.3 Å². The maximum absolute atomic E-state index is 11.7. The Labute approximate surface area is 138 Å². The SMILES string of the molecule is O=C1CN=C(c2ccc(C(=O)NO)cc2)c2cc(Br)sc2N1. The van der Waals surface area contributed by atoms with E-state index in [0.29, 0.717) is 11.3 Å². The number of anilines is 1. The molecule has 1 aromatic heterocycles. The number of halogens is 1. The van der Waals surface area contributed by atoms with Crippen LogP contribution < -0.4 is 10.8 Å². The Morgan fingerprint density at radius 3 is 2.77 bits per heavy atom. The summed E-state index contributed by atoms with van der Waals surface area (Å²) in [5.74, 6) is -0.743. The molecule has 2 aromatic rings. The van der Waals surface area contributed by atoms with Gasteiger partial charge in [-0.1, -0.05) is 12.1 Å². The third kappa shape index (κ3) is 2.80. The van der Waals surface area contributed by atoms with E-state index < -0.39 is 5.91 Å². The topological polar surface area (TPSA) is 90.8 Å². The number of rotatable bonds is 2. The molecular weight excluding hydrogens is 370 g/mol. The third-order valence-corrected chi connectivity index (χ3v) is 4.67. The fourth-order valence-electron chi connectivity index (χ4n) is 2.12. The van der Waals surface area contributed by atoms with Gasteiger partial charge in [0.25, 0.3) is 5.91 Å². The summed E-state index contributed by atoms with van der Waals surface area (Å²) in [7, 11) is 0. The summed E-state index contributed by atoms with van der Waals surface area (Å²) in [6.07, 6.45) is 0. The molecule has 112 valence electrons. The Morgan fingerprint density at radius 2 is 2.09 bits per heavy atom. The fraction of sp³-hybridized carbons (Fsp3) is 0.0714. The van der Waals surface area contributed by atoms with Crippen molar-refractivity contribution in [1.29, 1.82) is 0 Å². The molecule has 0 saturated heterocycles. The van der Waals surface area contributed by atoms with E-state index >= 15 is 0 Å². The van der Waals surface area contributed by atoms with Crippen molar-refractivity contribution in [2.45, 2.75) is 0 Å². The molecule has 0 bridgehead atoms. The zero-order valence-corrected chi connectivity index (χ0v) is 13.5. The summed E-state index contributed by atoms with van der Waals surface area (Å²) >= 11 is 4.83. The Bertz CT molecular complexity index is 783. The number of carbonyl (C=O) groups is 2. The first-order valence-electron chi connectivity index (χ1n) is 6.27. The highest BCUT2D eigenvalue weighted by molar-refractivity contribution is 9.11. The van der Waals surface area contributed by atoms with Gasteiger partial charge in [-0.15, -0.1) is 11.3 Å². The van der Waals surface area contributed by atoms with E-state index in [1.807, 2.05) is 6.07 Å².